The Morgan fingerprint density at radius 1 is 1.02 bits per heavy atom. The first-order chi connectivity index (χ1) is 19.6. The summed E-state index contributed by atoms with van der Waals surface area (Å²) in [5.74, 6) is -0.129. The lowest BCUT2D eigenvalue weighted by molar-refractivity contribution is -0.137. The number of nitrogens with one attached hydrogen (secondary N) is 2. The van der Waals surface area contributed by atoms with Gasteiger partial charge in [0.15, 0.2) is 18.1 Å². The van der Waals surface area contributed by atoms with Crippen molar-refractivity contribution in [2.45, 2.75) is 19.1 Å². The minimum absolute atomic E-state index is 0.0501. The van der Waals surface area contributed by atoms with Crippen LogP contribution in [0.1, 0.15) is 17.5 Å². The summed E-state index contributed by atoms with van der Waals surface area (Å²) in [6.07, 6.45) is -4.53. The summed E-state index contributed by atoms with van der Waals surface area (Å²) in [6.45, 7) is 0.151. The molecule has 2 aliphatic heterocycles. The van der Waals surface area contributed by atoms with E-state index in [4.69, 9.17) is 25.8 Å². The number of fused-ring (bicyclic) bond motifs is 1. The zero-order valence-electron chi connectivity index (χ0n) is 21.3. The van der Waals surface area contributed by atoms with Crippen molar-refractivity contribution in [1.29, 1.82) is 0 Å². The number of benzene rings is 3. The van der Waals surface area contributed by atoms with Gasteiger partial charge in [0, 0.05) is 25.2 Å². The maximum absolute atomic E-state index is 12.9. The van der Waals surface area contributed by atoms with Crippen molar-refractivity contribution in [3.8, 4) is 17.2 Å². The third kappa shape index (κ3) is 6.65. The molecule has 3 aromatic carbocycles. The zero-order chi connectivity index (χ0) is 29.1. The molecule has 0 radical (unpaired) electrons. The maximum atomic E-state index is 12.9. The van der Waals surface area contributed by atoms with Crippen LogP contribution in [-0.2, 0) is 27.1 Å². The normalized spacial score (nSPS) is 16.0. The summed E-state index contributed by atoms with van der Waals surface area (Å²) in [7, 11) is 0. The van der Waals surface area contributed by atoms with Gasteiger partial charge in [-0.3, -0.25) is 14.4 Å². The first kappa shape index (κ1) is 28.1. The predicted molar refractivity (Wildman–Crippen MR) is 142 cm³/mol. The lowest BCUT2D eigenvalue weighted by Crippen LogP contribution is -2.32. The van der Waals surface area contributed by atoms with E-state index in [1.165, 1.54) is 4.90 Å². The molecule has 0 aromatic heterocycles. The molecule has 0 spiro atoms. The van der Waals surface area contributed by atoms with E-state index >= 15 is 0 Å². The third-order valence-corrected chi connectivity index (χ3v) is 6.82. The van der Waals surface area contributed by atoms with E-state index in [2.05, 4.69) is 10.6 Å². The molecule has 214 valence electrons. The Bertz CT molecular complexity index is 1480. The van der Waals surface area contributed by atoms with E-state index in [0.717, 1.165) is 23.8 Å². The second-order valence-electron chi connectivity index (χ2n) is 9.33. The molecule has 1 atom stereocenters. The molecule has 1 fully saturated rings. The lowest BCUT2D eigenvalue weighted by Gasteiger charge is -2.17. The minimum Gasteiger partial charge on any atom is -0.484 e. The van der Waals surface area contributed by atoms with Crippen molar-refractivity contribution in [2.75, 3.05) is 30.2 Å². The summed E-state index contributed by atoms with van der Waals surface area (Å²) < 4.78 is 54.9. The predicted octanol–water partition coefficient (Wildman–Crippen LogP) is 4.77. The van der Waals surface area contributed by atoms with Gasteiger partial charge < -0.3 is 29.7 Å². The van der Waals surface area contributed by atoms with Gasteiger partial charge in [-0.15, -0.1) is 0 Å². The molecule has 0 saturated carbocycles. The van der Waals surface area contributed by atoms with Crippen LogP contribution < -0.4 is 29.7 Å². The van der Waals surface area contributed by atoms with E-state index in [0.29, 0.717) is 22.9 Å². The van der Waals surface area contributed by atoms with Gasteiger partial charge >= 0.3 is 6.18 Å². The Morgan fingerprint density at radius 2 is 1.78 bits per heavy atom. The standard InChI is InChI=1S/C28H23ClF3N3O6/c29-21-7-2-18(28(30,31)32)11-22(21)34-25(36)14-39-20-5-3-19(4-6-20)35-13-17(10-26(35)37)27(38)33-12-16-1-8-23-24(9-16)41-15-40-23/h1-9,11,17H,10,12-15H2,(H,33,38)(H,34,36)/t17-/m1/s1. The van der Waals surface area contributed by atoms with Crippen LogP contribution in [-0.4, -0.2) is 37.7 Å². The number of alkyl halides is 3. The summed E-state index contributed by atoms with van der Waals surface area (Å²) in [5, 5.41) is 5.11. The molecule has 1 saturated heterocycles. The molecule has 0 bridgehead atoms. The second-order valence-corrected chi connectivity index (χ2v) is 9.74. The molecular weight excluding hydrogens is 567 g/mol. The van der Waals surface area contributed by atoms with Crippen molar-refractivity contribution in [2.24, 2.45) is 5.92 Å². The zero-order valence-corrected chi connectivity index (χ0v) is 22.1. The van der Waals surface area contributed by atoms with Gasteiger partial charge in [0.25, 0.3) is 5.91 Å². The molecule has 41 heavy (non-hydrogen) atoms. The minimum atomic E-state index is -4.59. The van der Waals surface area contributed by atoms with Crippen molar-refractivity contribution in [3.63, 3.8) is 0 Å². The number of carbonyl (C=O) groups is 3. The topological polar surface area (TPSA) is 106 Å². The van der Waals surface area contributed by atoms with Crippen molar-refractivity contribution < 1.29 is 41.8 Å². The van der Waals surface area contributed by atoms with Crippen LogP contribution in [0.25, 0.3) is 0 Å². The second kappa shape index (κ2) is 11.6. The number of amides is 3. The summed E-state index contributed by atoms with van der Waals surface area (Å²) in [4.78, 5) is 39.1. The molecule has 9 nitrogen and oxygen atoms in total. The van der Waals surface area contributed by atoms with Crippen LogP contribution in [0.4, 0.5) is 24.5 Å². The maximum Gasteiger partial charge on any atom is 0.416 e. The van der Waals surface area contributed by atoms with Gasteiger partial charge in [-0.2, -0.15) is 13.2 Å². The Morgan fingerprint density at radius 3 is 2.54 bits per heavy atom. The van der Waals surface area contributed by atoms with Gasteiger partial charge in [0.1, 0.15) is 5.75 Å². The fourth-order valence-corrected chi connectivity index (χ4v) is 4.54. The highest BCUT2D eigenvalue weighted by atomic mass is 35.5. The molecule has 2 N–H and O–H groups in total. The summed E-state index contributed by atoms with van der Waals surface area (Å²) in [6, 6.07) is 14.3. The summed E-state index contributed by atoms with van der Waals surface area (Å²) >= 11 is 5.90. The monoisotopic (exact) mass is 589 g/mol. The summed E-state index contributed by atoms with van der Waals surface area (Å²) in [5.41, 5.74) is 0.252. The third-order valence-electron chi connectivity index (χ3n) is 6.49. The number of ether oxygens (including phenoxy) is 3. The largest absolute Gasteiger partial charge is 0.484 e. The number of nitrogens with zero attached hydrogens (tertiary/aromatic N) is 1. The van der Waals surface area contributed by atoms with E-state index in [1.807, 2.05) is 6.07 Å². The molecule has 3 aromatic rings. The molecule has 0 unspecified atom stereocenters. The van der Waals surface area contributed by atoms with Gasteiger partial charge in [-0.25, -0.2) is 0 Å². The van der Waals surface area contributed by atoms with E-state index in [9.17, 15) is 27.6 Å². The fraction of sp³-hybridized carbons (Fsp3) is 0.250. The number of halogens is 4. The molecule has 13 heteroatoms. The molecule has 2 aliphatic rings. The molecule has 0 aliphatic carbocycles. The van der Waals surface area contributed by atoms with Crippen LogP contribution in [0.5, 0.6) is 17.2 Å². The SMILES string of the molecule is O=C(COc1ccc(N2C[C@H](C(=O)NCc3ccc4c(c3)OCO4)CC2=O)cc1)Nc1cc(C(F)(F)F)ccc1Cl. The van der Waals surface area contributed by atoms with Crippen molar-refractivity contribution in [3.05, 3.63) is 76.8 Å². The van der Waals surface area contributed by atoms with Crippen molar-refractivity contribution in [1.82, 2.24) is 5.32 Å². The lowest BCUT2D eigenvalue weighted by atomic mass is 10.1. The van der Waals surface area contributed by atoms with E-state index < -0.39 is 30.2 Å². The van der Waals surface area contributed by atoms with Crippen LogP contribution in [0.15, 0.2) is 60.7 Å². The smallest absolute Gasteiger partial charge is 0.416 e. The highest BCUT2D eigenvalue weighted by molar-refractivity contribution is 6.33. The van der Waals surface area contributed by atoms with Gasteiger partial charge in [-0.1, -0.05) is 17.7 Å². The number of hydrogen-bond donors (Lipinski definition) is 2. The Kier molecular flexibility index (Phi) is 7.93. The van der Waals surface area contributed by atoms with Crippen LogP contribution in [0, 0.1) is 5.92 Å². The molecular formula is C28H23ClF3N3O6. The van der Waals surface area contributed by atoms with E-state index in [1.54, 1.807) is 36.4 Å². The number of rotatable bonds is 8. The highest BCUT2D eigenvalue weighted by Crippen LogP contribution is 2.34. The number of carbonyl (C=O) groups excluding carboxylic acids is 3. The van der Waals surface area contributed by atoms with Crippen molar-refractivity contribution >= 4 is 40.7 Å². The van der Waals surface area contributed by atoms with Gasteiger partial charge in [-0.05, 0) is 60.2 Å². The number of hydrogen-bond acceptors (Lipinski definition) is 6. The first-order valence-corrected chi connectivity index (χ1v) is 12.8. The fourth-order valence-electron chi connectivity index (χ4n) is 4.37. The molecule has 5 rings (SSSR count). The molecule has 3 amide bonds. The average molecular weight is 590 g/mol. The first-order valence-electron chi connectivity index (χ1n) is 12.4. The Hall–Kier alpha value is -4.45. The number of anilines is 2. The van der Waals surface area contributed by atoms with Crippen LogP contribution in [0.2, 0.25) is 5.02 Å². The van der Waals surface area contributed by atoms with Gasteiger partial charge in [0.05, 0.1) is 22.2 Å². The van der Waals surface area contributed by atoms with Gasteiger partial charge in [0.2, 0.25) is 18.6 Å². The quantitative estimate of drug-likeness (QED) is 0.392. The van der Waals surface area contributed by atoms with Crippen LogP contribution >= 0.6 is 11.6 Å². The Labute approximate surface area is 237 Å². The highest BCUT2D eigenvalue weighted by Gasteiger charge is 2.35. The molecule has 2 heterocycles. The van der Waals surface area contributed by atoms with E-state index in [-0.39, 0.29) is 48.8 Å². The Balaban J connectivity index is 1.11. The average Bonchev–Trinajstić information content (AvgIpc) is 3.57. The van der Waals surface area contributed by atoms with Crippen LogP contribution in [0.3, 0.4) is 0 Å².